The second-order valence-corrected chi connectivity index (χ2v) is 8.17. The summed E-state index contributed by atoms with van der Waals surface area (Å²) >= 11 is 0. The number of halogens is 3. The third kappa shape index (κ3) is 6.45. The van der Waals surface area contributed by atoms with Gasteiger partial charge in [-0.05, 0) is 12.5 Å². The minimum Gasteiger partial charge on any atom is -0.258 e. The quantitative estimate of drug-likeness (QED) is 0.287. The number of nitro groups is 2. The van der Waals surface area contributed by atoms with Crippen molar-refractivity contribution in [3.8, 4) is 0 Å². The number of hydrogen-bond acceptors (Lipinski definition) is 6. The van der Waals surface area contributed by atoms with E-state index in [1.165, 1.54) is 0 Å². The van der Waals surface area contributed by atoms with E-state index in [0.717, 1.165) is 25.3 Å². The average molecular weight is 411 g/mol. The predicted octanol–water partition coefficient (Wildman–Crippen LogP) is 5.48. The lowest BCUT2D eigenvalue weighted by Crippen LogP contribution is -2.25. The normalized spacial score (nSPS) is 13.8. The molecular weight excluding hydrogens is 391 g/mol. The van der Waals surface area contributed by atoms with Crippen LogP contribution < -0.4 is 0 Å². The van der Waals surface area contributed by atoms with Crippen molar-refractivity contribution in [2.75, 3.05) is 5.75 Å². The molecule has 0 aliphatic carbocycles. The number of benzene rings is 1. The number of rotatable bonds is 10. The Hall–Kier alpha value is -2.24. The van der Waals surface area contributed by atoms with Gasteiger partial charge in [0.05, 0.1) is 15.9 Å². The Morgan fingerprint density at radius 2 is 1.63 bits per heavy atom. The van der Waals surface area contributed by atoms with Crippen LogP contribution in [-0.4, -0.2) is 25.3 Å². The van der Waals surface area contributed by atoms with Crippen molar-refractivity contribution in [1.82, 2.24) is 0 Å². The Bertz CT molecular complexity index is 804. The van der Waals surface area contributed by atoms with E-state index >= 15 is 0 Å². The first-order valence-electron chi connectivity index (χ1n) is 8.26. The zero-order valence-electron chi connectivity index (χ0n) is 14.6. The van der Waals surface area contributed by atoms with Gasteiger partial charge in [0.25, 0.3) is 5.69 Å². The molecule has 0 radical (unpaired) electrons. The molecule has 1 rings (SSSR count). The molecule has 0 saturated carbocycles. The molecule has 152 valence electrons. The summed E-state index contributed by atoms with van der Waals surface area (Å²) in [6, 6.07) is 2.00. The van der Waals surface area contributed by atoms with Gasteiger partial charge in [-0.2, -0.15) is 17.5 Å². The zero-order valence-corrected chi connectivity index (χ0v) is 15.4. The average Bonchev–Trinajstić information content (AvgIpc) is 2.57. The molecule has 0 N–H and O–H groups in total. The van der Waals surface area contributed by atoms with Crippen LogP contribution in [0.4, 0.5) is 30.2 Å². The van der Waals surface area contributed by atoms with E-state index < -0.39 is 47.9 Å². The maximum absolute atomic E-state index is 13.3. The third-order valence-electron chi connectivity index (χ3n) is 3.75. The van der Waals surface area contributed by atoms with Gasteiger partial charge in [-0.15, -0.1) is 0 Å². The minimum atomic E-state index is -5.17. The van der Waals surface area contributed by atoms with Gasteiger partial charge in [0.2, 0.25) is 0 Å². The smallest absolute Gasteiger partial charge is 0.258 e. The summed E-state index contributed by atoms with van der Waals surface area (Å²) in [5.74, 6) is -0.781. The van der Waals surface area contributed by atoms with Crippen LogP contribution in [0.25, 0.3) is 0 Å². The first-order chi connectivity index (χ1) is 12.5. The fourth-order valence-electron chi connectivity index (χ4n) is 2.30. The number of unbranched alkanes of at least 4 members (excludes halogenated alkanes) is 5. The Labute approximate surface area is 154 Å². The van der Waals surface area contributed by atoms with Crippen LogP contribution in [0.1, 0.15) is 45.4 Å². The number of non-ortho nitro benzene ring substituents is 1. The van der Waals surface area contributed by atoms with Crippen LogP contribution in [0, 0.1) is 20.2 Å². The largest absolute Gasteiger partial charge is 0.479 e. The summed E-state index contributed by atoms with van der Waals surface area (Å²) in [6.45, 7) is 1.99. The van der Waals surface area contributed by atoms with Crippen molar-refractivity contribution in [3.63, 3.8) is 0 Å². The van der Waals surface area contributed by atoms with Crippen molar-refractivity contribution in [2.24, 2.45) is 4.36 Å². The van der Waals surface area contributed by atoms with Gasteiger partial charge in [-0.1, -0.05) is 39.0 Å². The highest BCUT2D eigenvalue weighted by atomic mass is 32.2. The van der Waals surface area contributed by atoms with E-state index in [2.05, 4.69) is 4.36 Å². The Kier molecular flexibility index (Phi) is 8.13. The Morgan fingerprint density at radius 3 is 2.15 bits per heavy atom. The monoisotopic (exact) mass is 411 g/mol. The highest BCUT2D eigenvalue weighted by molar-refractivity contribution is 7.94. The van der Waals surface area contributed by atoms with E-state index in [9.17, 15) is 37.6 Å². The summed E-state index contributed by atoms with van der Waals surface area (Å²) in [5, 5.41) is 21.7. The van der Waals surface area contributed by atoms with E-state index in [1.54, 1.807) is 0 Å². The van der Waals surface area contributed by atoms with Crippen LogP contribution in [0.2, 0.25) is 0 Å². The Balaban J connectivity index is 3.20. The van der Waals surface area contributed by atoms with Gasteiger partial charge in [0, 0.05) is 11.8 Å². The molecule has 0 aromatic heterocycles. The third-order valence-corrected chi connectivity index (χ3v) is 5.81. The summed E-state index contributed by atoms with van der Waals surface area (Å²) in [7, 11) is -4.79. The van der Waals surface area contributed by atoms with Crippen molar-refractivity contribution < 1.29 is 27.2 Å². The first-order valence-corrected chi connectivity index (χ1v) is 9.94. The molecule has 12 heteroatoms. The molecular formula is C15H20F3N3O5S. The topological polar surface area (TPSA) is 116 Å². The number of alkyl halides is 3. The molecule has 0 aliphatic rings. The van der Waals surface area contributed by atoms with Gasteiger partial charge in [0.1, 0.15) is 9.73 Å². The summed E-state index contributed by atoms with van der Waals surface area (Å²) in [4.78, 5) is 19.7. The standard InChI is InChI=1S/C15H20F3N3O5S/c1-2-3-4-5-6-7-10-27(26,15(16,17)18)19-13-9-8-12(20(22)23)11-14(13)21(24)25/h8-9,11H,2-7,10H2,1H3. The minimum absolute atomic E-state index is 0.00629. The van der Waals surface area contributed by atoms with Crippen LogP contribution in [0.3, 0.4) is 0 Å². The lowest BCUT2D eigenvalue weighted by molar-refractivity contribution is -0.393. The molecule has 8 nitrogen and oxygen atoms in total. The van der Waals surface area contributed by atoms with Crippen molar-refractivity contribution >= 4 is 26.8 Å². The van der Waals surface area contributed by atoms with E-state index in [4.69, 9.17) is 0 Å². The summed E-state index contributed by atoms with van der Waals surface area (Å²) in [5.41, 5.74) is -7.63. The van der Waals surface area contributed by atoms with Crippen LogP contribution in [0.5, 0.6) is 0 Å². The molecule has 1 unspecified atom stereocenters. The molecule has 0 fully saturated rings. The molecule has 0 saturated heterocycles. The van der Waals surface area contributed by atoms with Gasteiger partial charge in [-0.25, -0.2) is 4.21 Å². The van der Waals surface area contributed by atoms with Gasteiger partial charge in [-0.3, -0.25) is 20.2 Å². The van der Waals surface area contributed by atoms with Crippen molar-refractivity contribution in [1.29, 1.82) is 0 Å². The highest BCUT2D eigenvalue weighted by Gasteiger charge is 2.43. The van der Waals surface area contributed by atoms with Gasteiger partial charge >= 0.3 is 11.2 Å². The first kappa shape index (κ1) is 22.8. The van der Waals surface area contributed by atoms with E-state index in [0.29, 0.717) is 25.0 Å². The fourth-order valence-corrected chi connectivity index (χ4v) is 3.79. The lowest BCUT2D eigenvalue weighted by atomic mass is 10.1. The van der Waals surface area contributed by atoms with E-state index in [1.807, 2.05) is 6.92 Å². The second-order valence-electron chi connectivity index (χ2n) is 5.84. The molecule has 0 amide bonds. The molecule has 0 aliphatic heterocycles. The molecule has 0 heterocycles. The SMILES string of the molecule is CCCCCCCCS(=O)(=Nc1ccc([N+](=O)[O-])cc1[N+](=O)[O-])C(F)(F)F. The number of nitro benzene ring substituents is 2. The molecule has 0 spiro atoms. The van der Waals surface area contributed by atoms with Crippen LogP contribution in [0.15, 0.2) is 22.6 Å². The van der Waals surface area contributed by atoms with Crippen molar-refractivity contribution in [2.45, 2.75) is 51.0 Å². The van der Waals surface area contributed by atoms with Crippen LogP contribution >= 0.6 is 0 Å². The molecule has 1 aromatic carbocycles. The zero-order chi connectivity index (χ0) is 20.7. The summed E-state index contributed by atoms with van der Waals surface area (Å²) in [6.07, 6.45) is 3.91. The molecule has 0 bridgehead atoms. The van der Waals surface area contributed by atoms with Crippen molar-refractivity contribution in [3.05, 3.63) is 38.4 Å². The molecule has 1 atom stereocenters. The highest BCUT2D eigenvalue weighted by Crippen LogP contribution is 2.36. The molecule has 1 aromatic rings. The summed E-state index contributed by atoms with van der Waals surface area (Å²) < 4.78 is 55.5. The predicted molar refractivity (Wildman–Crippen MR) is 94.3 cm³/mol. The van der Waals surface area contributed by atoms with Gasteiger partial charge in [0.15, 0.2) is 5.69 Å². The lowest BCUT2D eigenvalue weighted by Gasteiger charge is -2.13. The van der Waals surface area contributed by atoms with Gasteiger partial charge < -0.3 is 0 Å². The number of hydrogen-bond donors (Lipinski definition) is 0. The maximum Gasteiger partial charge on any atom is 0.479 e. The maximum atomic E-state index is 13.3. The second kappa shape index (κ2) is 9.62. The number of nitrogens with zero attached hydrogens (tertiary/aromatic N) is 3. The van der Waals surface area contributed by atoms with E-state index in [-0.39, 0.29) is 6.42 Å². The molecule has 27 heavy (non-hydrogen) atoms. The van der Waals surface area contributed by atoms with Crippen LogP contribution in [-0.2, 0) is 9.73 Å². The Morgan fingerprint density at radius 1 is 1.04 bits per heavy atom. The fraction of sp³-hybridized carbons (Fsp3) is 0.600.